The highest BCUT2D eigenvalue weighted by atomic mass is 16.4. The van der Waals surface area contributed by atoms with Crippen LogP contribution in [0.2, 0.25) is 0 Å². The Balaban J connectivity index is 0. The number of hydrogen-bond acceptors (Lipinski definition) is 4. The van der Waals surface area contributed by atoms with Crippen LogP contribution in [0, 0.1) is 0 Å². The molecule has 0 aliphatic rings. The molecule has 6 nitrogen and oxygen atoms in total. The minimum atomic E-state index is -1.79. The molecule has 0 aliphatic carbocycles. The normalized spacial score (nSPS) is 11.6. The zero-order chi connectivity index (χ0) is 15.3. The van der Waals surface area contributed by atoms with Gasteiger partial charge in [0.05, 0.1) is 6.42 Å². The van der Waals surface area contributed by atoms with Crippen molar-refractivity contribution in [1.29, 1.82) is 0 Å². The van der Waals surface area contributed by atoms with Crippen LogP contribution in [0.1, 0.15) is 46.5 Å². The van der Waals surface area contributed by atoms with Crippen LogP contribution in [-0.2, 0) is 9.59 Å². The van der Waals surface area contributed by atoms with E-state index in [0.717, 1.165) is 0 Å². The van der Waals surface area contributed by atoms with Crippen molar-refractivity contribution in [3.8, 4) is 0 Å². The first-order valence-electron chi connectivity index (χ1n) is 6.73. The molecule has 114 valence electrons. The standard InChI is InChI=1S/C9H21N.C4H6O5/c1-4-7-10(8-5-2)9-6-3;5-2(4(8)9)1-3(6)7/h4-9H2,1-3H3;2,5H,1H2,(H,6,7)(H,8,9). The summed E-state index contributed by atoms with van der Waals surface area (Å²) >= 11 is 0. The summed E-state index contributed by atoms with van der Waals surface area (Å²) in [6.45, 7) is 10.6. The van der Waals surface area contributed by atoms with Crippen LogP contribution < -0.4 is 0 Å². The second kappa shape index (κ2) is 13.3. The van der Waals surface area contributed by atoms with Gasteiger partial charge in [-0.05, 0) is 38.9 Å². The number of carboxylic acid groups (broad SMARTS) is 2. The molecule has 19 heavy (non-hydrogen) atoms. The topological polar surface area (TPSA) is 98.1 Å². The maximum atomic E-state index is 9.72. The molecular weight excluding hydrogens is 250 g/mol. The van der Waals surface area contributed by atoms with E-state index in [4.69, 9.17) is 15.3 Å². The Hall–Kier alpha value is -1.14. The molecule has 0 saturated carbocycles. The number of aliphatic carboxylic acids is 2. The van der Waals surface area contributed by atoms with E-state index in [2.05, 4.69) is 25.7 Å². The van der Waals surface area contributed by atoms with Gasteiger partial charge >= 0.3 is 11.9 Å². The van der Waals surface area contributed by atoms with Crippen molar-refractivity contribution in [3.05, 3.63) is 0 Å². The third-order valence-corrected chi connectivity index (χ3v) is 2.27. The molecule has 0 saturated heterocycles. The molecule has 0 amide bonds. The fourth-order valence-electron chi connectivity index (χ4n) is 1.54. The molecule has 0 aromatic heterocycles. The highest BCUT2D eigenvalue weighted by Gasteiger charge is 2.16. The van der Waals surface area contributed by atoms with E-state index in [0.29, 0.717) is 0 Å². The molecular formula is C13H27NO5. The maximum Gasteiger partial charge on any atom is 0.333 e. The van der Waals surface area contributed by atoms with E-state index < -0.39 is 24.5 Å². The molecule has 0 aromatic rings. The molecule has 0 heterocycles. The molecule has 0 aromatic carbocycles. The van der Waals surface area contributed by atoms with Gasteiger partial charge in [-0.25, -0.2) is 4.79 Å². The van der Waals surface area contributed by atoms with Gasteiger partial charge in [0, 0.05) is 0 Å². The summed E-state index contributed by atoms with van der Waals surface area (Å²) in [5, 5.41) is 24.1. The smallest absolute Gasteiger partial charge is 0.333 e. The second-order valence-corrected chi connectivity index (χ2v) is 4.29. The average molecular weight is 277 g/mol. The fraction of sp³-hybridized carbons (Fsp3) is 0.846. The summed E-state index contributed by atoms with van der Waals surface area (Å²) in [6.07, 6.45) is 1.33. The molecule has 0 aliphatic heterocycles. The molecule has 0 spiro atoms. The highest BCUT2D eigenvalue weighted by molar-refractivity contribution is 5.79. The summed E-state index contributed by atoms with van der Waals surface area (Å²) in [5.41, 5.74) is 0. The number of rotatable bonds is 9. The summed E-state index contributed by atoms with van der Waals surface area (Å²) in [6, 6.07) is 0. The van der Waals surface area contributed by atoms with Crippen molar-refractivity contribution in [3.63, 3.8) is 0 Å². The van der Waals surface area contributed by atoms with E-state index in [9.17, 15) is 9.59 Å². The number of carboxylic acids is 2. The quantitative estimate of drug-likeness (QED) is 0.589. The van der Waals surface area contributed by atoms with Gasteiger partial charge < -0.3 is 20.2 Å². The van der Waals surface area contributed by atoms with E-state index >= 15 is 0 Å². The Morgan fingerprint density at radius 2 is 1.32 bits per heavy atom. The predicted molar refractivity (Wildman–Crippen MR) is 73.2 cm³/mol. The van der Waals surface area contributed by atoms with E-state index in [-0.39, 0.29) is 0 Å². The first kappa shape index (κ1) is 20.2. The summed E-state index contributed by atoms with van der Waals surface area (Å²) in [5.74, 6) is -2.85. The van der Waals surface area contributed by atoms with Crippen LogP contribution in [-0.4, -0.2) is 57.9 Å². The van der Waals surface area contributed by atoms with Crippen LogP contribution in [0.25, 0.3) is 0 Å². The fourth-order valence-corrected chi connectivity index (χ4v) is 1.54. The molecule has 3 N–H and O–H groups in total. The van der Waals surface area contributed by atoms with Gasteiger partial charge in [0.15, 0.2) is 6.10 Å². The van der Waals surface area contributed by atoms with Gasteiger partial charge in [0.25, 0.3) is 0 Å². The first-order chi connectivity index (χ1) is 8.88. The Morgan fingerprint density at radius 3 is 1.47 bits per heavy atom. The van der Waals surface area contributed by atoms with Crippen molar-refractivity contribution < 1.29 is 24.9 Å². The lowest BCUT2D eigenvalue weighted by Gasteiger charge is -2.19. The number of nitrogens with zero attached hydrogens (tertiary/aromatic N) is 1. The van der Waals surface area contributed by atoms with Crippen molar-refractivity contribution in [2.75, 3.05) is 19.6 Å². The van der Waals surface area contributed by atoms with Crippen molar-refractivity contribution in [1.82, 2.24) is 4.90 Å². The Morgan fingerprint density at radius 1 is 0.947 bits per heavy atom. The third kappa shape index (κ3) is 14.8. The minimum absolute atomic E-state index is 0.755. The lowest BCUT2D eigenvalue weighted by atomic mass is 10.3. The first-order valence-corrected chi connectivity index (χ1v) is 6.73. The maximum absolute atomic E-state index is 9.72. The minimum Gasteiger partial charge on any atom is -0.481 e. The molecule has 6 heteroatoms. The van der Waals surface area contributed by atoms with Gasteiger partial charge in [-0.1, -0.05) is 20.8 Å². The lowest BCUT2D eigenvalue weighted by molar-refractivity contribution is -0.152. The SMILES string of the molecule is CCCN(CCC)CCC.O=C(O)CC(O)C(=O)O. The number of aliphatic hydroxyl groups excluding tert-OH is 1. The summed E-state index contributed by atoms with van der Waals surface area (Å²) < 4.78 is 0. The number of hydrogen-bond donors (Lipinski definition) is 3. The third-order valence-electron chi connectivity index (χ3n) is 2.27. The van der Waals surface area contributed by atoms with Crippen LogP contribution in [0.5, 0.6) is 0 Å². The zero-order valence-electron chi connectivity index (χ0n) is 12.1. The van der Waals surface area contributed by atoms with E-state index in [1.807, 2.05) is 0 Å². The predicted octanol–water partition coefficient (Wildman–Crippen LogP) is 1.42. The van der Waals surface area contributed by atoms with Gasteiger partial charge in [-0.2, -0.15) is 0 Å². The van der Waals surface area contributed by atoms with Gasteiger partial charge in [0.1, 0.15) is 0 Å². The van der Waals surface area contributed by atoms with E-state index in [1.165, 1.54) is 38.9 Å². The van der Waals surface area contributed by atoms with Crippen LogP contribution in [0.3, 0.4) is 0 Å². The zero-order valence-corrected chi connectivity index (χ0v) is 12.1. The van der Waals surface area contributed by atoms with E-state index in [1.54, 1.807) is 0 Å². The van der Waals surface area contributed by atoms with Crippen LogP contribution >= 0.6 is 0 Å². The highest BCUT2D eigenvalue weighted by Crippen LogP contribution is 1.94. The van der Waals surface area contributed by atoms with Crippen LogP contribution in [0.4, 0.5) is 0 Å². The Bertz CT molecular complexity index is 231. The molecule has 0 rings (SSSR count). The Labute approximate surface area is 115 Å². The summed E-state index contributed by atoms with van der Waals surface area (Å²) in [7, 11) is 0. The summed E-state index contributed by atoms with van der Waals surface area (Å²) in [4.78, 5) is 22.0. The average Bonchev–Trinajstić information content (AvgIpc) is 2.30. The van der Waals surface area contributed by atoms with Gasteiger partial charge in [-0.15, -0.1) is 0 Å². The van der Waals surface area contributed by atoms with Crippen molar-refractivity contribution >= 4 is 11.9 Å². The van der Waals surface area contributed by atoms with Crippen molar-refractivity contribution in [2.24, 2.45) is 0 Å². The second-order valence-electron chi connectivity index (χ2n) is 4.29. The van der Waals surface area contributed by atoms with Crippen molar-refractivity contribution in [2.45, 2.75) is 52.6 Å². The Kier molecular flexibility index (Phi) is 14.1. The van der Waals surface area contributed by atoms with Gasteiger partial charge in [0.2, 0.25) is 0 Å². The monoisotopic (exact) mass is 277 g/mol. The molecule has 0 radical (unpaired) electrons. The number of carbonyl (C=O) groups is 2. The molecule has 0 bridgehead atoms. The van der Waals surface area contributed by atoms with Crippen LogP contribution in [0.15, 0.2) is 0 Å². The van der Waals surface area contributed by atoms with Gasteiger partial charge in [-0.3, -0.25) is 4.79 Å². The largest absolute Gasteiger partial charge is 0.481 e. The molecule has 0 fully saturated rings. The molecule has 1 unspecified atom stereocenters. The lowest BCUT2D eigenvalue weighted by Crippen LogP contribution is -2.25. The number of aliphatic hydroxyl groups is 1. The molecule has 1 atom stereocenters.